The van der Waals surface area contributed by atoms with Crippen LogP contribution < -0.4 is 4.90 Å². The van der Waals surface area contributed by atoms with Gasteiger partial charge in [-0.05, 0) is 56.0 Å². The van der Waals surface area contributed by atoms with Crippen LogP contribution in [0.15, 0.2) is 30.3 Å². The van der Waals surface area contributed by atoms with Crippen LogP contribution in [-0.2, 0) is 11.3 Å². The molecule has 0 atom stereocenters. The first-order chi connectivity index (χ1) is 15.1. The molecule has 2 aliphatic heterocycles. The Balaban J connectivity index is 1.25. The summed E-state index contributed by atoms with van der Waals surface area (Å²) in [6, 6.07) is 9.73. The monoisotopic (exact) mass is 441 g/mol. The van der Waals surface area contributed by atoms with Crippen molar-refractivity contribution in [2.24, 2.45) is 0 Å². The predicted molar refractivity (Wildman–Crippen MR) is 120 cm³/mol. The molecule has 3 heterocycles. The molecule has 2 amide bonds. The van der Waals surface area contributed by atoms with Gasteiger partial charge >= 0.3 is 0 Å². The van der Waals surface area contributed by atoms with Crippen molar-refractivity contribution in [2.75, 3.05) is 44.2 Å². The number of amides is 2. The molecule has 1 aromatic carbocycles. The molecule has 31 heavy (non-hydrogen) atoms. The summed E-state index contributed by atoms with van der Waals surface area (Å²) in [5, 5.41) is 5.39. The van der Waals surface area contributed by atoms with E-state index in [9.17, 15) is 9.59 Å². The molecular weight excluding hydrogens is 414 g/mol. The number of piperazine rings is 1. The second-order valence-electron chi connectivity index (χ2n) is 8.73. The number of carbonyl (C=O) groups is 2. The van der Waals surface area contributed by atoms with E-state index in [-0.39, 0.29) is 18.4 Å². The van der Waals surface area contributed by atoms with Crippen molar-refractivity contribution in [3.05, 3.63) is 46.7 Å². The Morgan fingerprint density at radius 1 is 0.935 bits per heavy atom. The lowest BCUT2D eigenvalue weighted by atomic mass is 10.2. The van der Waals surface area contributed by atoms with Crippen molar-refractivity contribution in [1.29, 1.82) is 0 Å². The van der Waals surface area contributed by atoms with Crippen molar-refractivity contribution in [3.8, 4) is 0 Å². The SMILES string of the molecule is O=C(Cn1nc(C2CC2)cc1C(=O)N1CCCC1)N1CCN(c2ccc(Cl)cc2)CC1. The summed E-state index contributed by atoms with van der Waals surface area (Å²) < 4.78 is 1.65. The number of carbonyl (C=O) groups excluding carboxylic acids is 2. The van der Waals surface area contributed by atoms with Crippen LogP contribution in [0.25, 0.3) is 0 Å². The van der Waals surface area contributed by atoms with Crippen LogP contribution in [0.3, 0.4) is 0 Å². The molecule has 8 heteroatoms. The van der Waals surface area contributed by atoms with Gasteiger partial charge in [0.1, 0.15) is 12.2 Å². The van der Waals surface area contributed by atoms with Gasteiger partial charge in [-0.2, -0.15) is 5.10 Å². The Labute approximate surface area is 187 Å². The smallest absolute Gasteiger partial charge is 0.272 e. The molecule has 1 saturated carbocycles. The van der Waals surface area contributed by atoms with Crippen LogP contribution >= 0.6 is 11.6 Å². The van der Waals surface area contributed by atoms with Gasteiger partial charge in [0.15, 0.2) is 0 Å². The first kappa shape index (κ1) is 20.4. The minimum Gasteiger partial charge on any atom is -0.368 e. The molecule has 0 bridgehead atoms. The Kier molecular flexibility index (Phi) is 5.61. The number of rotatable bonds is 5. The molecule has 3 fully saturated rings. The van der Waals surface area contributed by atoms with Crippen molar-refractivity contribution in [3.63, 3.8) is 0 Å². The fourth-order valence-electron chi connectivity index (χ4n) is 4.48. The molecule has 0 unspecified atom stereocenters. The third-order valence-electron chi connectivity index (χ3n) is 6.52. The number of aromatic nitrogens is 2. The highest BCUT2D eigenvalue weighted by molar-refractivity contribution is 6.30. The highest BCUT2D eigenvalue weighted by atomic mass is 35.5. The zero-order chi connectivity index (χ0) is 21.4. The van der Waals surface area contributed by atoms with Gasteiger partial charge in [0.05, 0.1) is 5.69 Å². The lowest BCUT2D eigenvalue weighted by Gasteiger charge is -2.36. The minimum atomic E-state index is 0.0113. The predicted octanol–water partition coefficient (Wildman–Crippen LogP) is 3.00. The summed E-state index contributed by atoms with van der Waals surface area (Å²) in [4.78, 5) is 32.1. The molecule has 2 aromatic rings. The van der Waals surface area contributed by atoms with E-state index in [1.54, 1.807) is 4.68 Å². The number of likely N-dealkylation sites (tertiary alicyclic amines) is 1. The third-order valence-corrected chi connectivity index (χ3v) is 6.77. The summed E-state index contributed by atoms with van der Waals surface area (Å²) in [6.07, 6.45) is 4.34. The van der Waals surface area contributed by atoms with Gasteiger partial charge in [0.25, 0.3) is 5.91 Å². The minimum absolute atomic E-state index is 0.0113. The lowest BCUT2D eigenvalue weighted by molar-refractivity contribution is -0.132. The van der Waals surface area contributed by atoms with Crippen molar-refractivity contribution in [2.45, 2.75) is 38.1 Å². The molecule has 1 aromatic heterocycles. The molecule has 0 N–H and O–H groups in total. The maximum Gasteiger partial charge on any atom is 0.272 e. The summed E-state index contributed by atoms with van der Waals surface area (Å²) in [5.74, 6) is 0.485. The van der Waals surface area contributed by atoms with Crippen LogP contribution in [0, 0.1) is 0 Å². The maximum absolute atomic E-state index is 13.1. The third kappa shape index (κ3) is 4.42. The zero-order valence-electron chi connectivity index (χ0n) is 17.7. The Morgan fingerprint density at radius 3 is 2.26 bits per heavy atom. The van der Waals surface area contributed by atoms with E-state index in [4.69, 9.17) is 11.6 Å². The fraction of sp³-hybridized carbons (Fsp3) is 0.522. The normalized spacial score (nSPS) is 19.2. The quantitative estimate of drug-likeness (QED) is 0.715. The topological polar surface area (TPSA) is 61.7 Å². The van der Waals surface area contributed by atoms with E-state index in [2.05, 4.69) is 10.00 Å². The second kappa shape index (κ2) is 8.54. The number of nitrogens with zero attached hydrogens (tertiary/aromatic N) is 5. The van der Waals surface area contributed by atoms with Crippen LogP contribution in [0.5, 0.6) is 0 Å². The van der Waals surface area contributed by atoms with Gasteiger partial charge in [-0.3, -0.25) is 14.3 Å². The van der Waals surface area contributed by atoms with Crippen LogP contribution in [-0.4, -0.2) is 70.7 Å². The van der Waals surface area contributed by atoms with Gasteiger partial charge in [-0.1, -0.05) is 11.6 Å². The average Bonchev–Trinajstić information content (AvgIpc) is 3.32. The summed E-state index contributed by atoms with van der Waals surface area (Å²) >= 11 is 5.99. The first-order valence-electron chi connectivity index (χ1n) is 11.2. The lowest BCUT2D eigenvalue weighted by Crippen LogP contribution is -2.49. The standard InChI is InChI=1S/C23H28ClN5O2/c24-18-5-7-19(8-6-18)26-11-13-27(14-12-26)22(30)16-29-21(15-20(25-29)17-3-4-17)23(31)28-9-1-2-10-28/h5-8,15,17H,1-4,9-14,16H2. The molecule has 1 aliphatic carbocycles. The van der Waals surface area contributed by atoms with Crippen LogP contribution in [0.1, 0.15) is 47.8 Å². The van der Waals surface area contributed by atoms with E-state index in [0.717, 1.165) is 68.3 Å². The van der Waals surface area contributed by atoms with Gasteiger partial charge in [0.2, 0.25) is 5.91 Å². The molecule has 2 saturated heterocycles. The molecular formula is C23H28ClN5O2. The van der Waals surface area contributed by atoms with E-state index < -0.39 is 0 Å². The summed E-state index contributed by atoms with van der Waals surface area (Å²) in [7, 11) is 0. The van der Waals surface area contributed by atoms with Gasteiger partial charge in [0, 0.05) is 55.9 Å². The van der Waals surface area contributed by atoms with Gasteiger partial charge in [-0.25, -0.2) is 0 Å². The van der Waals surface area contributed by atoms with Crippen molar-refractivity contribution < 1.29 is 9.59 Å². The second-order valence-corrected chi connectivity index (χ2v) is 9.17. The van der Waals surface area contributed by atoms with Gasteiger partial charge in [-0.15, -0.1) is 0 Å². The largest absolute Gasteiger partial charge is 0.368 e. The molecule has 3 aliphatic rings. The number of anilines is 1. The van der Waals surface area contributed by atoms with Crippen LogP contribution in [0.2, 0.25) is 5.02 Å². The summed E-state index contributed by atoms with van der Waals surface area (Å²) in [6.45, 7) is 4.59. The van der Waals surface area contributed by atoms with Crippen molar-refractivity contribution >= 4 is 29.1 Å². The van der Waals surface area contributed by atoms with Crippen LogP contribution in [0.4, 0.5) is 5.69 Å². The fourth-order valence-corrected chi connectivity index (χ4v) is 4.61. The Bertz CT molecular complexity index is 955. The Hall–Kier alpha value is -2.54. The van der Waals surface area contributed by atoms with E-state index in [1.165, 1.54) is 0 Å². The maximum atomic E-state index is 13.1. The molecule has 164 valence electrons. The average molecular weight is 442 g/mol. The number of halogens is 1. The Morgan fingerprint density at radius 2 is 1.61 bits per heavy atom. The van der Waals surface area contributed by atoms with Gasteiger partial charge < -0.3 is 14.7 Å². The van der Waals surface area contributed by atoms with E-state index in [1.807, 2.05) is 40.1 Å². The van der Waals surface area contributed by atoms with E-state index in [0.29, 0.717) is 24.7 Å². The highest BCUT2D eigenvalue weighted by Crippen LogP contribution is 2.39. The van der Waals surface area contributed by atoms with E-state index >= 15 is 0 Å². The molecule has 0 radical (unpaired) electrons. The molecule has 7 nitrogen and oxygen atoms in total. The first-order valence-corrected chi connectivity index (χ1v) is 11.6. The molecule has 5 rings (SSSR count). The highest BCUT2D eigenvalue weighted by Gasteiger charge is 2.31. The zero-order valence-corrected chi connectivity index (χ0v) is 18.4. The molecule has 0 spiro atoms. The number of benzene rings is 1. The van der Waals surface area contributed by atoms with Crippen molar-refractivity contribution in [1.82, 2.24) is 19.6 Å². The summed E-state index contributed by atoms with van der Waals surface area (Å²) in [5.41, 5.74) is 2.65. The number of hydrogen-bond donors (Lipinski definition) is 0. The number of hydrogen-bond acceptors (Lipinski definition) is 4.